The second-order valence-electron chi connectivity index (χ2n) is 11.5. The minimum Gasteiger partial charge on any atom is -0.393 e. The van der Waals surface area contributed by atoms with Gasteiger partial charge in [0.1, 0.15) is 18.3 Å². The molecule has 1 heterocycles. The molecule has 184 valence electrons. The van der Waals surface area contributed by atoms with E-state index < -0.39 is 36.3 Å². The zero-order valence-electron chi connectivity index (χ0n) is 20.5. The zero-order chi connectivity index (χ0) is 24.1. The van der Waals surface area contributed by atoms with Crippen LogP contribution in [0.1, 0.15) is 73.1 Å². The average molecular weight is 453 g/mol. The van der Waals surface area contributed by atoms with Crippen molar-refractivity contribution in [3.8, 4) is 0 Å². The van der Waals surface area contributed by atoms with Crippen LogP contribution in [-0.2, 0) is 9.47 Å². The highest BCUT2D eigenvalue weighted by Gasteiger charge is 2.56. The molecule has 6 heteroatoms. The van der Waals surface area contributed by atoms with Gasteiger partial charge in [0, 0.05) is 0 Å². The summed E-state index contributed by atoms with van der Waals surface area (Å²) in [5, 5.41) is 41.2. The number of hydrogen-bond acceptors (Lipinski definition) is 6. The molecule has 0 bridgehead atoms. The van der Waals surface area contributed by atoms with Crippen molar-refractivity contribution in [1.29, 1.82) is 0 Å². The third-order valence-electron chi connectivity index (χ3n) is 9.11. The highest BCUT2D eigenvalue weighted by Crippen LogP contribution is 2.62. The predicted octanol–water partition coefficient (Wildman–Crippen LogP) is 3.33. The maximum atomic E-state index is 10.7. The van der Waals surface area contributed by atoms with Gasteiger partial charge in [-0.05, 0) is 75.0 Å². The van der Waals surface area contributed by atoms with Crippen LogP contribution < -0.4 is 0 Å². The summed E-state index contributed by atoms with van der Waals surface area (Å²) in [4.78, 5) is 0. The van der Waals surface area contributed by atoms with Gasteiger partial charge in [0.15, 0.2) is 6.29 Å². The lowest BCUT2D eigenvalue weighted by Gasteiger charge is -2.59. The lowest BCUT2D eigenvalue weighted by molar-refractivity contribution is -0.313. The molecule has 0 aromatic heterocycles. The Morgan fingerprint density at radius 1 is 1.12 bits per heavy atom. The van der Waals surface area contributed by atoms with Gasteiger partial charge in [0.25, 0.3) is 0 Å². The quantitative estimate of drug-likeness (QED) is 0.462. The van der Waals surface area contributed by atoms with Crippen molar-refractivity contribution in [2.75, 3.05) is 0 Å². The molecule has 0 aromatic rings. The summed E-state index contributed by atoms with van der Waals surface area (Å²) in [6.45, 7) is 18.7. The van der Waals surface area contributed by atoms with E-state index in [2.05, 4.69) is 33.9 Å². The summed E-state index contributed by atoms with van der Waals surface area (Å²) in [6.07, 6.45) is 1.25. The second kappa shape index (κ2) is 9.12. The summed E-state index contributed by atoms with van der Waals surface area (Å²) in [5.41, 5.74) is 0.428. The molecule has 10 atom stereocenters. The first kappa shape index (κ1) is 25.9. The summed E-state index contributed by atoms with van der Waals surface area (Å²) in [6, 6.07) is 0. The summed E-state index contributed by atoms with van der Waals surface area (Å²) < 4.78 is 11.8. The Hall–Kier alpha value is -0.760. The van der Waals surface area contributed by atoms with Crippen LogP contribution in [0.5, 0.6) is 0 Å². The number of aliphatic hydroxyl groups excluding tert-OH is 4. The van der Waals surface area contributed by atoms with Crippen molar-refractivity contribution >= 4 is 0 Å². The Kier molecular flexibility index (Phi) is 7.37. The third kappa shape index (κ3) is 4.47. The van der Waals surface area contributed by atoms with Gasteiger partial charge in [-0.25, -0.2) is 0 Å². The van der Waals surface area contributed by atoms with Gasteiger partial charge in [-0.1, -0.05) is 39.0 Å². The van der Waals surface area contributed by atoms with Crippen LogP contribution in [0.4, 0.5) is 0 Å². The molecule has 6 nitrogen and oxygen atoms in total. The Balaban J connectivity index is 1.74. The molecule has 0 amide bonds. The molecule has 32 heavy (non-hydrogen) atoms. The van der Waals surface area contributed by atoms with E-state index >= 15 is 0 Å². The molecule has 3 aliphatic rings. The van der Waals surface area contributed by atoms with Gasteiger partial charge in [-0.2, -0.15) is 0 Å². The van der Waals surface area contributed by atoms with Crippen LogP contribution in [0, 0.1) is 22.7 Å². The number of hydrogen-bond donors (Lipinski definition) is 4. The Morgan fingerprint density at radius 2 is 1.78 bits per heavy atom. The van der Waals surface area contributed by atoms with Gasteiger partial charge < -0.3 is 29.9 Å². The second-order valence-corrected chi connectivity index (χ2v) is 11.5. The molecule has 1 saturated heterocycles. The van der Waals surface area contributed by atoms with Crippen molar-refractivity contribution < 1.29 is 29.9 Å². The van der Waals surface area contributed by atoms with Crippen molar-refractivity contribution in [2.45, 2.75) is 116 Å². The van der Waals surface area contributed by atoms with E-state index in [9.17, 15) is 20.4 Å². The summed E-state index contributed by atoms with van der Waals surface area (Å²) >= 11 is 0. The minimum atomic E-state index is -1.34. The van der Waals surface area contributed by atoms with Crippen LogP contribution in [0.3, 0.4) is 0 Å². The lowest BCUT2D eigenvalue weighted by atomic mass is 9.46. The van der Waals surface area contributed by atoms with E-state index in [0.29, 0.717) is 18.3 Å². The summed E-state index contributed by atoms with van der Waals surface area (Å²) in [7, 11) is 0. The van der Waals surface area contributed by atoms with Gasteiger partial charge in [0.2, 0.25) is 0 Å². The Labute approximate surface area is 193 Å². The fourth-order valence-electron chi connectivity index (χ4n) is 6.72. The number of allylic oxidation sites excluding steroid dienone is 1. The van der Waals surface area contributed by atoms with Crippen molar-refractivity contribution in [3.05, 3.63) is 24.8 Å². The molecule has 0 aromatic carbocycles. The molecule has 3 rings (SSSR count). The summed E-state index contributed by atoms with van der Waals surface area (Å²) in [5.74, 6) is 0.727. The molecular weight excluding hydrogens is 408 g/mol. The number of fused-ring (bicyclic) bond motifs is 1. The third-order valence-corrected chi connectivity index (χ3v) is 9.11. The van der Waals surface area contributed by atoms with Crippen molar-refractivity contribution in [1.82, 2.24) is 0 Å². The Morgan fingerprint density at radius 3 is 2.41 bits per heavy atom. The maximum absolute atomic E-state index is 10.7. The monoisotopic (exact) mass is 452 g/mol. The SMILES string of the molecule is C=CC(C)(CCC1C(=C)CCC2C(C)(C)C(O)CCC12C)OC1OC(C)C(O)C(O)C1O. The first-order chi connectivity index (χ1) is 14.8. The van der Waals surface area contributed by atoms with E-state index in [1.54, 1.807) is 13.0 Å². The normalized spacial score (nSPS) is 46.2. The molecule has 0 spiro atoms. The molecule has 0 radical (unpaired) electrons. The van der Waals surface area contributed by atoms with Gasteiger partial charge in [0.05, 0.1) is 17.8 Å². The number of rotatable bonds is 6. The zero-order valence-corrected chi connectivity index (χ0v) is 20.5. The van der Waals surface area contributed by atoms with E-state index in [1.165, 1.54) is 5.57 Å². The van der Waals surface area contributed by atoms with Crippen LogP contribution in [0.2, 0.25) is 0 Å². The predicted molar refractivity (Wildman–Crippen MR) is 124 cm³/mol. The maximum Gasteiger partial charge on any atom is 0.187 e. The van der Waals surface area contributed by atoms with Crippen LogP contribution in [-0.4, -0.2) is 62.8 Å². The smallest absolute Gasteiger partial charge is 0.187 e. The molecular formula is C26H44O6. The van der Waals surface area contributed by atoms with Crippen LogP contribution in [0.25, 0.3) is 0 Å². The lowest BCUT2D eigenvalue weighted by Crippen LogP contribution is -2.58. The topological polar surface area (TPSA) is 99.4 Å². The molecule has 4 N–H and O–H groups in total. The van der Waals surface area contributed by atoms with E-state index in [0.717, 1.165) is 32.1 Å². The van der Waals surface area contributed by atoms with Crippen LogP contribution >= 0.6 is 0 Å². The fraction of sp³-hybridized carbons (Fsp3) is 0.846. The van der Waals surface area contributed by atoms with Crippen molar-refractivity contribution in [2.24, 2.45) is 22.7 Å². The van der Waals surface area contributed by atoms with E-state index in [1.807, 2.05) is 6.92 Å². The molecule has 2 saturated carbocycles. The molecule has 10 unspecified atom stereocenters. The van der Waals surface area contributed by atoms with Crippen molar-refractivity contribution in [3.63, 3.8) is 0 Å². The van der Waals surface area contributed by atoms with Crippen LogP contribution in [0.15, 0.2) is 24.8 Å². The molecule has 2 aliphatic carbocycles. The largest absolute Gasteiger partial charge is 0.393 e. The highest BCUT2D eigenvalue weighted by molar-refractivity contribution is 5.17. The molecule has 3 fully saturated rings. The molecule has 1 aliphatic heterocycles. The minimum absolute atomic E-state index is 0.0653. The number of ether oxygens (including phenoxy) is 2. The van der Waals surface area contributed by atoms with E-state index in [-0.39, 0.29) is 16.9 Å². The van der Waals surface area contributed by atoms with Gasteiger partial charge in [-0.15, -0.1) is 6.58 Å². The van der Waals surface area contributed by atoms with Gasteiger partial charge in [-0.3, -0.25) is 0 Å². The Bertz CT molecular complexity index is 706. The fourth-order valence-corrected chi connectivity index (χ4v) is 6.72. The van der Waals surface area contributed by atoms with Gasteiger partial charge >= 0.3 is 0 Å². The first-order valence-electron chi connectivity index (χ1n) is 12.1. The number of aliphatic hydroxyl groups is 4. The average Bonchev–Trinajstić information content (AvgIpc) is 2.73. The standard InChI is InChI=1S/C26H44O6/c1-8-25(6,32-23-22(30)21(29)20(28)16(3)31-23)13-11-17-15(2)9-10-18-24(4,5)19(27)12-14-26(17,18)7/h8,16-23,27-30H,1-2,9-14H2,3-7H3. The van der Waals surface area contributed by atoms with E-state index in [4.69, 9.17) is 9.47 Å². The first-order valence-corrected chi connectivity index (χ1v) is 12.1. The highest BCUT2D eigenvalue weighted by atomic mass is 16.7.